The van der Waals surface area contributed by atoms with Gasteiger partial charge in [0, 0.05) is 30.1 Å². The molecule has 2 aliphatic heterocycles. The fraction of sp³-hybridized carbons (Fsp3) is 0.367. The van der Waals surface area contributed by atoms with Crippen LogP contribution in [-0.4, -0.2) is 40.5 Å². The van der Waals surface area contributed by atoms with Gasteiger partial charge in [0.15, 0.2) is 5.78 Å². The molecular weight excluding hydrogens is 493 g/mol. The number of benzene rings is 2. The van der Waals surface area contributed by atoms with Crippen LogP contribution in [0.15, 0.2) is 66.9 Å². The Labute approximate surface area is 218 Å². The highest BCUT2D eigenvalue weighted by atomic mass is 19.4. The standard InChI is InChI=1S/C30H27F3N2O3/c31-30(32,33)19-12-13-34-27(16-19)28(36)18-14-20-6-5-7-21(15-18)35(20)29(37)38-17-26-24-10-3-1-8-22(24)23-9-2-4-11-25(23)26/h1-4,8-13,16,18,20-21,26H,5-7,14-15,17H2. The average Bonchev–Trinajstić information content (AvgIpc) is 3.24. The van der Waals surface area contributed by atoms with Crippen LogP contribution in [-0.2, 0) is 10.9 Å². The third kappa shape index (κ3) is 4.36. The molecule has 1 aromatic heterocycles. The molecule has 2 bridgehead atoms. The minimum absolute atomic E-state index is 0.0442. The van der Waals surface area contributed by atoms with Crippen molar-refractivity contribution in [3.8, 4) is 11.1 Å². The van der Waals surface area contributed by atoms with E-state index in [0.717, 1.165) is 59.8 Å². The van der Waals surface area contributed by atoms with Crippen molar-refractivity contribution in [3.05, 3.63) is 89.2 Å². The third-order valence-corrected chi connectivity index (χ3v) is 8.23. The molecule has 0 N–H and O–H groups in total. The second-order valence-electron chi connectivity index (χ2n) is 10.4. The second-order valence-corrected chi connectivity index (χ2v) is 10.4. The molecular formula is C30H27F3N2O3. The monoisotopic (exact) mass is 520 g/mol. The van der Waals surface area contributed by atoms with Gasteiger partial charge in [0.25, 0.3) is 0 Å². The third-order valence-electron chi connectivity index (χ3n) is 8.23. The van der Waals surface area contributed by atoms with Gasteiger partial charge >= 0.3 is 12.3 Å². The first-order valence-electron chi connectivity index (χ1n) is 13.0. The molecule has 8 heteroatoms. The van der Waals surface area contributed by atoms with Crippen LogP contribution in [0.5, 0.6) is 0 Å². The van der Waals surface area contributed by atoms with Crippen molar-refractivity contribution in [3.63, 3.8) is 0 Å². The van der Waals surface area contributed by atoms with E-state index in [-0.39, 0.29) is 42.2 Å². The quantitative estimate of drug-likeness (QED) is 0.353. The van der Waals surface area contributed by atoms with E-state index in [9.17, 15) is 22.8 Å². The molecule has 6 rings (SSSR count). The van der Waals surface area contributed by atoms with E-state index in [0.29, 0.717) is 12.8 Å². The number of pyridine rings is 1. The SMILES string of the molecule is O=C(c1cc(C(F)(F)F)ccn1)C1CC2CCCC(C1)N2C(=O)OCC1c2ccccc2-c2ccccc21. The van der Waals surface area contributed by atoms with E-state index < -0.39 is 17.7 Å². The number of Topliss-reactive ketones (excluding diaryl/α,β-unsaturated/α-hetero) is 1. The first-order valence-corrected chi connectivity index (χ1v) is 13.0. The van der Waals surface area contributed by atoms with Crippen molar-refractivity contribution in [2.24, 2.45) is 5.92 Å². The second kappa shape index (κ2) is 9.57. The lowest BCUT2D eigenvalue weighted by atomic mass is 9.76. The number of carbonyl (C=O) groups is 2. The Bertz CT molecular complexity index is 1330. The molecule has 1 aliphatic carbocycles. The summed E-state index contributed by atoms with van der Waals surface area (Å²) in [7, 11) is 0. The van der Waals surface area contributed by atoms with Gasteiger partial charge in [-0.05, 0) is 66.5 Å². The van der Waals surface area contributed by atoms with E-state index in [2.05, 4.69) is 29.2 Å². The van der Waals surface area contributed by atoms with Crippen LogP contribution >= 0.6 is 0 Å². The molecule has 2 atom stereocenters. The number of halogens is 3. The van der Waals surface area contributed by atoms with Crippen molar-refractivity contribution in [1.82, 2.24) is 9.88 Å². The number of ketones is 1. The zero-order valence-corrected chi connectivity index (χ0v) is 20.7. The molecule has 2 unspecified atom stereocenters. The summed E-state index contributed by atoms with van der Waals surface area (Å²) in [6.07, 6.45) is -0.684. The van der Waals surface area contributed by atoms with Gasteiger partial charge in [0.2, 0.25) is 0 Å². The highest BCUT2D eigenvalue weighted by Crippen LogP contribution is 2.45. The van der Waals surface area contributed by atoms with Gasteiger partial charge in [-0.15, -0.1) is 0 Å². The maximum atomic E-state index is 13.4. The minimum atomic E-state index is -4.54. The largest absolute Gasteiger partial charge is 0.448 e. The van der Waals surface area contributed by atoms with Crippen LogP contribution in [0, 0.1) is 5.92 Å². The molecule has 1 amide bonds. The van der Waals surface area contributed by atoms with Crippen LogP contribution in [0.4, 0.5) is 18.0 Å². The van der Waals surface area contributed by atoms with Crippen molar-refractivity contribution >= 4 is 11.9 Å². The lowest BCUT2D eigenvalue weighted by Crippen LogP contribution is -2.56. The number of fused-ring (bicyclic) bond motifs is 5. The highest BCUT2D eigenvalue weighted by Gasteiger charge is 2.44. The summed E-state index contributed by atoms with van der Waals surface area (Å²) in [4.78, 5) is 32.2. The summed E-state index contributed by atoms with van der Waals surface area (Å²) in [6.45, 7) is 0.222. The Kier molecular flexibility index (Phi) is 6.20. The molecule has 0 saturated carbocycles. The van der Waals surface area contributed by atoms with Crippen LogP contribution in [0.2, 0.25) is 0 Å². The lowest BCUT2D eigenvalue weighted by Gasteiger charge is -2.47. The number of amides is 1. The maximum Gasteiger partial charge on any atom is 0.416 e. The number of carbonyl (C=O) groups excluding carboxylic acids is 2. The molecule has 2 saturated heterocycles. The van der Waals surface area contributed by atoms with Crippen molar-refractivity contribution in [1.29, 1.82) is 0 Å². The van der Waals surface area contributed by atoms with Gasteiger partial charge in [0.05, 0.1) is 5.56 Å². The maximum absolute atomic E-state index is 13.4. The molecule has 5 nitrogen and oxygen atoms in total. The molecule has 3 heterocycles. The zero-order chi connectivity index (χ0) is 26.4. The molecule has 0 spiro atoms. The normalized spacial score (nSPS) is 22.5. The minimum Gasteiger partial charge on any atom is -0.448 e. The van der Waals surface area contributed by atoms with Crippen LogP contribution in [0.3, 0.4) is 0 Å². The Morgan fingerprint density at radius 3 is 2.13 bits per heavy atom. The summed E-state index contributed by atoms with van der Waals surface area (Å²) in [6, 6.07) is 17.6. The average molecular weight is 521 g/mol. The van der Waals surface area contributed by atoms with Crippen molar-refractivity contribution in [2.75, 3.05) is 6.61 Å². The molecule has 2 fully saturated rings. The summed E-state index contributed by atoms with van der Waals surface area (Å²) in [5.41, 5.74) is 3.54. The molecule has 2 aromatic carbocycles. The summed E-state index contributed by atoms with van der Waals surface area (Å²) in [5.74, 6) is -0.906. The molecule has 3 aromatic rings. The number of rotatable bonds is 4. The van der Waals surface area contributed by atoms with E-state index in [1.807, 2.05) is 24.3 Å². The fourth-order valence-corrected chi connectivity index (χ4v) is 6.51. The first kappa shape index (κ1) is 24.6. The van der Waals surface area contributed by atoms with Crippen LogP contribution in [0.25, 0.3) is 11.1 Å². The van der Waals surface area contributed by atoms with Crippen molar-refractivity contribution in [2.45, 2.75) is 56.3 Å². The molecule has 0 radical (unpaired) electrons. The first-order chi connectivity index (χ1) is 18.3. The zero-order valence-electron chi connectivity index (χ0n) is 20.7. The Hall–Kier alpha value is -3.68. The van der Waals surface area contributed by atoms with E-state index in [1.165, 1.54) is 0 Å². The van der Waals surface area contributed by atoms with Crippen LogP contribution in [0.1, 0.15) is 65.2 Å². The van der Waals surface area contributed by atoms with E-state index in [1.54, 1.807) is 4.90 Å². The molecule has 38 heavy (non-hydrogen) atoms. The number of alkyl halides is 3. The van der Waals surface area contributed by atoms with Gasteiger partial charge in [-0.2, -0.15) is 13.2 Å². The van der Waals surface area contributed by atoms with Gasteiger partial charge in [-0.25, -0.2) is 4.79 Å². The number of piperidine rings is 2. The number of nitrogens with zero attached hydrogens (tertiary/aromatic N) is 2. The van der Waals surface area contributed by atoms with Crippen molar-refractivity contribution < 1.29 is 27.5 Å². The number of ether oxygens (including phenoxy) is 1. The number of aromatic nitrogens is 1. The smallest absolute Gasteiger partial charge is 0.416 e. The van der Waals surface area contributed by atoms with E-state index >= 15 is 0 Å². The topological polar surface area (TPSA) is 59.5 Å². The highest BCUT2D eigenvalue weighted by molar-refractivity contribution is 5.96. The predicted octanol–water partition coefficient (Wildman–Crippen LogP) is 6.87. The summed E-state index contributed by atoms with van der Waals surface area (Å²) >= 11 is 0. The molecule has 196 valence electrons. The summed E-state index contributed by atoms with van der Waals surface area (Å²) < 4.78 is 45.4. The van der Waals surface area contributed by atoms with Gasteiger partial charge in [-0.1, -0.05) is 48.5 Å². The fourth-order valence-electron chi connectivity index (χ4n) is 6.51. The Balaban J connectivity index is 1.16. The Morgan fingerprint density at radius 2 is 1.53 bits per heavy atom. The van der Waals surface area contributed by atoms with Gasteiger partial charge < -0.3 is 9.64 Å². The number of hydrogen-bond acceptors (Lipinski definition) is 4. The summed E-state index contributed by atoms with van der Waals surface area (Å²) in [5, 5.41) is 0. The molecule has 3 aliphatic rings. The van der Waals surface area contributed by atoms with Gasteiger partial charge in [0.1, 0.15) is 12.3 Å². The Morgan fingerprint density at radius 1 is 0.921 bits per heavy atom. The van der Waals surface area contributed by atoms with Gasteiger partial charge in [-0.3, -0.25) is 9.78 Å². The van der Waals surface area contributed by atoms with Crippen LogP contribution < -0.4 is 0 Å². The lowest BCUT2D eigenvalue weighted by molar-refractivity contribution is -0.137. The predicted molar refractivity (Wildman–Crippen MR) is 135 cm³/mol. The number of hydrogen-bond donors (Lipinski definition) is 0. The van der Waals surface area contributed by atoms with E-state index in [4.69, 9.17) is 4.74 Å².